The summed E-state index contributed by atoms with van der Waals surface area (Å²) in [5.74, 6) is -0.179. The van der Waals surface area contributed by atoms with E-state index in [4.69, 9.17) is 0 Å². The SMILES string of the molecule is Cc1ccn2cc(C(=O)Nc3cccc(CN4CCCCC4)c3)nc2c1. The van der Waals surface area contributed by atoms with Crippen LogP contribution in [0.2, 0.25) is 0 Å². The number of carbonyl (C=O) groups excluding carboxylic acids is 1. The fraction of sp³-hybridized carbons (Fsp3) is 0.333. The lowest BCUT2D eigenvalue weighted by molar-refractivity contribution is 0.102. The smallest absolute Gasteiger partial charge is 0.275 e. The minimum absolute atomic E-state index is 0.179. The van der Waals surface area contributed by atoms with Crippen molar-refractivity contribution in [1.82, 2.24) is 14.3 Å². The van der Waals surface area contributed by atoms with Gasteiger partial charge in [-0.25, -0.2) is 4.98 Å². The van der Waals surface area contributed by atoms with Crippen LogP contribution in [0.1, 0.15) is 40.9 Å². The van der Waals surface area contributed by atoms with Gasteiger partial charge in [-0.3, -0.25) is 9.69 Å². The highest BCUT2D eigenvalue weighted by Gasteiger charge is 2.13. The zero-order chi connectivity index (χ0) is 17.9. The Labute approximate surface area is 153 Å². The summed E-state index contributed by atoms with van der Waals surface area (Å²) >= 11 is 0. The largest absolute Gasteiger partial charge is 0.321 e. The van der Waals surface area contributed by atoms with Gasteiger partial charge >= 0.3 is 0 Å². The molecule has 26 heavy (non-hydrogen) atoms. The number of benzene rings is 1. The zero-order valence-corrected chi connectivity index (χ0v) is 15.1. The summed E-state index contributed by atoms with van der Waals surface area (Å²) in [4.78, 5) is 19.5. The van der Waals surface area contributed by atoms with Crippen LogP contribution >= 0.6 is 0 Å². The van der Waals surface area contributed by atoms with Gasteiger partial charge < -0.3 is 9.72 Å². The van der Waals surface area contributed by atoms with E-state index in [1.807, 2.05) is 41.8 Å². The van der Waals surface area contributed by atoms with Gasteiger partial charge in [0.05, 0.1) is 0 Å². The molecule has 0 spiro atoms. The first kappa shape index (κ1) is 16.8. The van der Waals surface area contributed by atoms with Crippen LogP contribution in [0.3, 0.4) is 0 Å². The molecule has 1 aliphatic rings. The molecule has 0 saturated carbocycles. The van der Waals surface area contributed by atoms with Crippen LogP contribution in [-0.4, -0.2) is 33.3 Å². The highest BCUT2D eigenvalue weighted by Crippen LogP contribution is 2.17. The Bertz CT molecular complexity index is 925. The van der Waals surface area contributed by atoms with Crippen molar-refractivity contribution in [2.24, 2.45) is 0 Å². The monoisotopic (exact) mass is 348 g/mol. The van der Waals surface area contributed by atoms with Crippen molar-refractivity contribution in [3.8, 4) is 0 Å². The molecule has 1 amide bonds. The molecule has 4 rings (SSSR count). The van der Waals surface area contributed by atoms with Gasteiger partial charge in [-0.05, 0) is 68.2 Å². The fourth-order valence-corrected chi connectivity index (χ4v) is 3.51. The molecule has 1 fully saturated rings. The molecule has 3 heterocycles. The number of fused-ring (bicyclic) bond motifs is 1. The van der Waals surface area contributed by atoms with E-state index in [2.05, 4.69) is 27.3 Å². The number of aryl methyl sites for hydroxylation is 1. The van der Waals surface area contributed by atoms with Gasteiger partial charge in [0, 0.05) is 24.6 Å². The average Bonchev–Trinajstić information content (AvgIpc) is 3.06. The maximum Gasteiger partial charge on any atom is 0.275 e. The number of nitrogens with zero attached hydrogens (tertiary/aromatic N) is 3. The van der Waals surface area contributed by atoms with E-state index in [0.717, 1.165) is 36.5 Å². The normalized spacial score (nSPS) is 15.3. The number of hydrogen-bond donors (Lipinski definition) is 1. The summed E-state index contributed by atoms with van der Waals surface area (Å²) in [7, 11) is 0. The van der Waals surface area contributed by atoms with Gasteiger partial charge in [0.25, 0.3) is 5.91 Å². The van der Waals surface area contributed by atoms with Crippen molar-refractivity contribution in [3.05, 3.63) is 65.6 Å². The molecule has 1 aromatic carbocycles. The van der Waals surface area contributed by atoms with E-state index in [-0.39, 0.29) is 5.91 Å². The second-order valence-corrected chi connectivity index (χ2v) is 7.09. The van der Waals surface area contributed by atoms with Crippen LogP contribution in [0.4, 0.5) is 5.69 Å². The van der Waals surface area contributed by atoms with Crippen molar-refractivity contribution >= 4 is 17.2 Å². The van der Waals surface area contributed by atoms with Gasteiger partial charge in [-0.1, -0.05) is 18.6 Å². The second-order valence-electron chi connectivity index (χ2n) is 7.09. The number of imidazole rings is 1. The Hall–Kier alpha value is -2.66. The lowest BCUT2D eigenvalue weighted by atomic mass is 10.1. The van der Waals surface area contributed by atoms with Crippen molar-refractivity contribution in [2.75, 3.05) is 18.4 Å². The minimum atomic E-state index is -0.179. The topological polar surface area (TPSA) is 49.6 Å². The van der Waals surface area contributed by atoms with E-state index in [1.165, 1.54) is 24.8 Å². The summed E-state index contributed by atoms with van der Waals surface area (Å²) < 4.78 is 1.87. The number of anilines is 1. The quantitative estimate of drug-likeness (QED) is 0.778. The summed E-state index contributed by atoms with van der Waals surface area (Å²) in [6.45, 7) is 5.29. The van der Waals surface area contributed by atoms with Crippen LogP contribution in [0.15, 0.2) is 48.8 Å². The summed E-state index contributed by atoms with van der Waals surface area (Å²) in [5.41, 5.74) is 4.39. The second kappa shape index (κ2) is 7.30. The van der Waals surface area contributed by atoms with Crippen LogP contribution in [0, 0.1) is 6.92 Å². The number of aromatic nitrogens is 2. The van der Waals surface area contributed by atoms with Crippen molar-refractivity contribution in [2.45, 2.75) is 32.7 Å². The maximum atomic E-state index is 12.6. The zero-order valence-electron chi connectivity index (χ0n) is 15.1. The molecule has 5 nitrogen and oxygen atoms in total. The van der Waals surface area contributed by atoms with Gasteiger partial charge in [0.1, 0.15) is 11.3 Å². The molecule has 0 aliphatic carbocycles. The van der Waals surface area contributed by atoms with E-state index in [1.54, 1.807) is 6.20 Å². The fourth-order valence-electron chi connectivity index (χ4n) is 3.51. The van der Waals surface area contributed by atoms with Gasteiger partial charge in [0.15, 0.2) is 0 Å². The van der Waals surface area contributed by atoms with Crippen LogP contribution < -0.4 is 5.32 Å². The first-order valence-corrected chi connectivity index (χ1v) is 9.25. The Morgan fingerprint density at radius 3 is 2.85 bits per heavy atom. The van der Waals surface area contributed by atoms with Gasteiger partial charge in [-0.2, -0.15) is 0 Å². The maximum absolute atomic E-state index is 12.6. The van der Waals surface area contributed by atoms with Crippen molar-refractivity contribution in [3.63, 3.8) is 0 Å². The molecular weight excluding hydrogens is 324 g/mol. The van der Waals surface area contributed by atoms with E-state index >= 15 is 0 Å². The molecule has 3 aromatic rings. The molecule has 5 heteroatoms. The minimum Gasteiger partial charge on any atom is -0.321 e. The molecule has 0 bridgehead atoms. The molecule has 0 atom stereocenters. The van der Waals surface area contributed by atoms with Crippen molar-refractivity contribution in [1.29, 1.82) is 0 Å². The molecule has 1 saturated heterocycles. The molecular formula is C21H24N4O. The number of piperidine rings is 1. The van der Waals surface area contributed by atoms with Gasteiger partial charge in [-0.15, -0.1) is 0 Å². The van der Waals surface area contributed by atoms with E-state index in [9.17, 15) is 4.79 Å². The molecule has 0 radical (unpaired) electrons. The third-order valence-electron chi connectivity index (χ3n) is 4.89. The standard InChI is InChI=1S/C21H24N4O/c1-16-8-11-25-15-19(23-20(25)12-16)21(26)22-18-7-5-6-17(13-18)14-24-9-3-2-4-10-24/h5-8,11-13,15H,2-4,9-10,14H2,1H3,(H,22,26). The number of nitrogens with one attached hydrogen (secondary N) is 1. The first-order valence-electron chi connectivity index (χ1n) is 9.25. The number of likely N-dealkylation sites (tertiary alicyclic amines) is 1. The van der Waals surface area contributed by atoms with Crippen LogP contribution in [0.5, 0.6) is 0 Å². The number of amides is 1. The highest BCUT2D eigenvalue weighted by atomic mass is 16.1. The molecule has 2 aromatic heterocycles. The Kier molecular flexibility index (Phi) is 4.71. The van der Waals surface area contributed by atoms with Crippen molar-refractivity contribution < 1.29 is 4.79 Å². The molecule has 1 aliphatic heterocycles. The predicted molar refractivity (Wildman–Crippen MR) is 103 cm³/mol. The number of rotatable bonds is 4. The summed E-state index contributed by atoms with van der Waals surface area (Å²) in [6, 6.07) is 12.1. The lowest BCUT2D eigenvalue weighted by Gasteiger charge is -2.26. The van der Waals surface area contributed by atoms with Crippen LogP contribution in [-0.2, 0) is 6.54 Å². The average molecular weight is 348 g/mol. The molecule has 0 unspecified atom stereocenters. The predicted octanol–water partition coefficient (Wildman–Crippen LogP) is 3.88. The Morgan fingerprint density at radius 2 is 2.00 bits per heavy atom. The van der Waals surface area contributed by atoms with E-state index < -0.39 is 0 Å². The summed E-state index contributed by atoms with van der Waals surface area (Å²) in [6.07, 6.45) is 7.59. The van der Waals surface area contributed by atoms with Gasteiger partial charge in [0.2, 0.25) is 0 Å². The lowest BCUT2D eigenvalue weighted by Crippen LogP contribution is -2.29. The molecule has 134 valence electrons. The highest BCUT2D eigenvalue weighted by molar-refractivity contribution is 6.03. The van der Waals surface area contributed by atoms with Crippen LogP contribution in [0.25, 0.3) is 5.65 Å². The van der Waals surface area contributed by atoms with E-state index in [0.29, 0.717) is 5.69 Å². The number of carbonyl (C=O) groups is 1. The summed E-state index contributed by atoms with van der Waals surface area (Å²) in [5, 5.41) is 2.98. The Morgan fingerprint density at radius 1 is 1.15 bits per heavy atom. The number of hydrogen-bond acceptors (Lipinski definition) is 3. The first-order chi connectivity index (χ1) is 12.7. The third-order valence-corrected chi connectivity index (χ3v) is 4.89. The molecule has 1 N–H and O–H groups in total. The third kappa shape index (κ3) is 3.78. The Balaban J connectivity index is 1.47. The number of pyridine rings is 1.